The summed E-state index contributed by atoms with van der Waals surface area (Å²) in [5.74, 6) is 2.06. The van der Waals surface area contributed by atoms with Gasteiger partial charge in [0, 0.05) is 0 Å². The lowest BCUT2D eigenvalue weighted by Gasteiger charge is -2.33. The van der Waals surface area contributed by atoms with Gasteiger partial charge >= 0.3 is 0 Å². The van der Waals surface area contributed by atoms with Crippen LogP contribution in [0.2, 0.25) is 0 Å². The van der Waals surface area contributed by atoms with Crippen molar-refractivity contribution < 1.29 is 0 Å². The molecule has 2 nitrogen and oxygen atoms in total. The van der Waals surface area contributed by atoms with Crippen molar-refractivity contribution in [3.8, 4) is 0 Å². The van der Waals surface area contributed by atoms with Crippen LogP contribution in [0, 0.1) is 11.8 Å². The van der Waals surface area contributed by atoms with Crippen molar-refractivity contribution in [2.24, 2.45) is 11.8 Å². The number of nitrogens with zero attached hydrogens (tertiary/aromatic N) is 1. The maximum atomic E-state index is 3.50. The van der Waals surface area contributed by atoms with Crippen LogP contribution in [0.15, 0.2) is 0 Å². The van der Waals surface area contributed by atoms with Gasteiger partial charge in [-0.05, 0) is 76.7 Å². The summed E-state index contributed by atoms with van der Waals surface area (Å²) in [6, 6.07) is 0. The van der Waals surface area contributed by atoms with Crippen LogP contribution >= 0.6 is 12.4 Å². The van der Waals surface area contributed by atoms with E-state index in [4.69, 9.17) is 0 Å². The highest BCUT2D eigenvalue weighted by atomic mass is 35.5. The Labute approximate surface area is 196 Å². The molecule has 0 amide bonds. The van der Waals surface area contributed by atoms with Gasteiger partial charge in [0.25, 0.3) is 0 Å². The zero-order valence-corrected chi connectivity index (χ0v) is 21.3. The molecule has 0 unspecified atom stereocenters. The Morgan fingerprint density at radius 2 is 1.03 bits per heavy atom. The average molecular weight is 443 g/mol. The second-order valence-corrected chi connectivity index (χ2v) is 10.3. The minimum atomic E-state index is 0. The standard InChI is InChI=1S/C27H54N2.ClH/c1-2-3-4-5-6-7-8-9-10-11-12-13-14-23-29-24-19-27(20-25-29)16-15-26-17-21-28-22-18-26;/h26-28H,2-25H2,1H3;1H. The Hall–Kier alpha value is 0.210. The first kappa shape index (κ1) is 28.2. The van der Waals surface area contributed by atoms with Gasteiger partial charge < -0.3 is 10.2 Å². The molecule has 3 heteroatoms. The third-order valence-electron chi connectivity index (χ3n) is 7.73. The van der Waals surface area contributed by atoms with Crippen molar-refractivity contribution in [2.45, 2.75) is 129 Å². The molecule has 0 saturated carbocycles. The van der Waals surface area contributed by atoms with Crippen LogP contribution in [0.4, 0.5) is 0 Å². The Balaban J connectivity index is 0.00000450. The molecule has 180 valence electrons. The van der Waals surface area contributed by atoms with Crippen molar-refractivity contribution in [1.82, 2.24) is 10.2 Å². The van der Waals surface area contributed by atoms with E-state index in [1.54, 1.807) is 0 Å². The van der Waals surface area contributed by atoms with Crippen LogP contribution in [-0.4, -0.2) is 37.6 Å². The summed E-state index contributed by atoms with van der Waals surface area (Å²) in [7, 11) is 0. The number of unbranched alkanes of at least 4 members (excludes halogenated alkanes) is 12. The number of nitrogens with one attached hydrogen (secondary N) is 1. The van der Waals surface area contributed by atoms with Gasteiger partial charge in [-0.15, -0.1) is 12.4 Å². The fraction of sp³-hybridized carbons (Fsp3) is 1.00. The zero-order valence-electron chi connectivity index (χ0n) is 20.5. The maximum absolute atomic E-state index is 3.50. The molecule has 1 N–H and O–H groups in total. The average Bonchev–Trinajstić information content (AvgIpc) is 2.77. The summed E-state index contributed by atoms with van der Waals surface area (Å²) in [5.41, 5.74) is 0. The van der Waals surface area contributed by atoms with E-state index in [2.05, 4.69) is 17.1 Å². The van der Waals surface area contributed by atoms with E-state index in [-0.39, 0.29) is 12.4 Å². The topological polar surface area (TPSA) is 15.3 Å². The molecule has 2 rings (SSSR count). The highest BCUT2D eigenvalue weighted by molar-refractivity contribution is 5.85. The van der Waals surface area contributed by atoms with Crippen molar-refractivity contribution in [3.63, 3.8) is 0 Å². The van der Waals surface area contributed by atoms with Gasteiger partial charge in [0.2, 0.25) is 0 Å². The van der Waals surface area contributed by atoms with E-state index in [1.165, 1.54) is 155 Å². The predicted molar refractivity (Wildman–Crippen MR) is 137 cm³/mol. The predicted octanol–water partition coefficient (Wildman–Crippen LogP) is 7.99. The van der Waals surface area contributed by atoms with Crippen molar-refractivity contribution in [2.75, 3.05) is 32.7 Å². The maximum Gasteiger partial charge on any atom is -0.00161 e. The molecule has 2 saturated heterocycles. The molecule has 0 aliphatic carbocycles. The summed E-state index contributed by atoms with van der Waals surface area (Å²) in [5, 5.41) is 3.50. The molecule has 0 aromatic carbocycles. The molecule has 0 aromatic heterocycles. The first-order chi connectivity index (χ1) is 14.4. The number of likely N-dealkylation sites (tertiary alicyclic amines) is 1. The third-order valence-corrected chi connectivity index (χ3v) is 7.73. The van der Waals surface area contributed by atoms with E-state index in [0.717, 1.165) is 11.8 Å². The largest absolute Gasteiger partial charge is 0.317 e. The Bertz CT molecular complexity index is 349. The fourth-order valence-corrected chi connectivity index (χ4v) is 5.49. The number of piperidine rings is 2. The normalized spacial score (nSPS) is 19.1. The minimum absolute atomic E-state index is 0. The van der Waals surface area contributed by atoms with E-state index in [1.807, 2.05) is 0 Å². The quantitative estimate of drug-likeness (QED) is 0.229. The molecule has 30 heavy (non-hydrogen) atoms. The van der Waals surface area contributed by atoms with Gasteiger partial charge in [0.05, 0.1) is 0 Å². The van der Waals surface area contributed by atoms with E-state index in [0.29, 0.717) is 0 Å². The van der Waals surface area contributed by atoms with E-state index in [9.17, 15) is 0 Å². The van der Waals surface area contributed by atoms with Crippen LogP contribution in [0.3, 0.4) is 0 Å². The monoisotopic (exact) mass is 442 g/mol. The first-order valence-electron chi connectivity index (χ1n) is 13.8. The van der Waals surface area contributed by atoms with Gasteiger partial charge in [-0.1, -0.05) is 96.8 Å². The molecule has 0 radical (unpaired) electrons. The van der Waals surface area contributed by atoms with Crippen LogP contribution < -0.4 is 5.32 Å². The summed E-state index contributed by atoms with van der Waals surface area (Å²) in [4.78, 5) is 2.76. The van der Waals surface area contributed by atoms with Gasteiger partial charge in [-0.3, -0.25) is 0 Å². The number of rotatable bonds is 17. The molecule has 2 aliphatic rings. The Morgan fingerprint density at radius 1 is 0.600 bits per heavy atom. The molecule has 0 aromatic rings. The number of halogens is 1. The van der Waals surface area contributed by atoms with Crippen molar-refractivity contribution >= 4 is 12.4 Å². The smallest absolute Gasteiger partial charge is 0.00161 e. The Morgan fingerprint density at radius 3 is 1.53 bits per heavy atom. The molecular weight excluding hydrogens is 388 g/mol. The Kier molecular flexibility index (Phi) is 18.7. The second-order valence-electron chi connectivity index (χ2n) is 10.3. The van der Waals surface area contributed by atoms with E-state index >= 15 is 0 Å². The second kappa shape index (κ2) is 19.9. The lowest BCUT2D eigenvalue weighted by Crippen LogP contribution is -2.34. The van der Waals surface area contributed by atoms with Gasteiger partial charge in [-0.25, -0.2) is 0 Å². The van der Waals surface area contributed by atoms with Crippen molar-refractivity contribution in [3.05, 3.63) is 0 Å². The van der Waals surface area contributed by atoms with E-state index < -0.39 is 0 Å². The lowest BCUT2D eigenvalue weighted by molar-refractivity contribution is 0.168. The molecule has 2 fully saturated rings. The first-order valence-corrected chi connectivity index (χ1v) is 13.8. The minimum Gasteiger partial charge on any atom is -0.317 e. The molecule has 0 spiro atoms. The molecule has 0 atom stereocenters. The van der Waals surface area contributed by atoms with Crippen LogP contribution in [-0.2, 0) is 0 Å². The highest BCUT2D eigenvalue weighted by Gasteiger charge is 2.20. The van der Waals surface area contributed by atoms with Crippen molar-refractivity contribution in [1.29, 1.82) is 0 Å². The molecule has 2 aliphatic heterocycles. The molecule has 0 bridgehead atoms. The number of hydrogen-bond donors (Lipinski definition) is 1. The summed E-state index contributed by atoms with van der Waals surface area (Å²) >= 11 is 0. The van der Waals surface area contributed by atoms with Gasteiger partial charge in [0.1, 0.15) is 0 Å². The summed E-state index contributed by atoms with van der Waals surface area (Å²) < 4.78 is 0. The van der Waals surface area contributed by atoms with Gasteiger partial charge in [-0.2, -0.15) is 0 Å². The summed E-state index contributed by atoms with van der Waals surface area (Å²) in [6.45, 7) is 8.98. The summed E-state index contributed by atoms with van der Waals surface area (Å²) in [6.07, 6.45) is 27.9. The molecular formula is C27H55ClN2. The highest BCUT2D eigenvalue weighted by Crippen LogP contribution is 2.27. The number of hydrogen-bond acceptors (Lipinski definition) is 2. The SMILES string of the molecule is CCCCCCCCCCCCCCCN1CCC(CCC2CCNCC2)CC1.Cl. The fourth-order valence-electron chi connectivity index (χ4n) is 5.49. The van der Waals surface area contributed by atoms with Crippen LogP contribution in [0.1, 0.15) is 129 Å². The molecule has 2 heterocycles. The van der Waals surface area contributed by atoms with Gasteiger partial charge in [0.15, 0.2) is 0 Å². The van der Waals surface area contributed by atoms with Crippen LogP contribution in [0.25, 0.3) is 0 Å². The lowest BCUT2D eigenvalue weighted by atomic mass is 9.85. The third kappa shape index (κ3) is 14.3. The van der Waals surface area contributed by atoms with Crippen LogP contribution in [0.5, 0.6) is 0 Å². The zero-order chi connectivity index (χ0) is 20.4.